The summed E-state index contributed by atoms with van der Waals surface area (Å²) in [6, 6.07) is -4.78. The number of nitrogens with two attached hydrogens (primary N) is 3. The van der Waals surface area contributed by atoms with Gasteiger partial charge in [-0.1, -0.05) is 13.8 Å². The summed E-state index contributed by atoms with van der Waals surface area (Å²) in [4.78, 5) is 64.3. The maximum atomic E-state index is 13.0. The molecule has 0 aromatic heterocycles. The standard InChI is InChI=1S/C20H37N7O7S/c1-10(2)15(21)18(32)26-11(5-4-7-24-20(22)23)16(30)25-12(6-8-35-3)17(31)27-13(19(33)34)9-14(28)29/h10-13,15H,4-9,21H2,1-3H3,(H,25,30)(H,26,32)(H,27,31)(H,28,29)(H,33,34)(H4,22,23,24). The van der Waals surface area contributed by atoms with E-state index >= 15 is 0 Å². The topological polar surface area (TPSA) is 252 Å². The number of guanidine groups is 1. The van der Waals surface area contributed by atoms with Crippen LogP contribution in [0, 0.1) is 5.92 Å². The smallest absolute Gasteiger partial charge is 0.326 e. The fourth-order valence-corrected chi connectivity index (χ4v) is 3.24. The normalized spacial score (nSPS) is 14.2. The number of hydrogen-bond donors (Lipinski definition) is 8. The van der Waals surface area contributed by atoms with Crippen molar-refractivity contribution in [2.24, 2.45) is 28.1 Å². The molecule has 14 nitrogen and oxygen atoms in total. The molecule has 3 amide bonds. The molecule has 15 heteroatoms. The molecule has 0 saturated carbocycles. The molecule has 0 bridgehead atoms. The van der Waals surface area contributed by atoms with Crippen LogP contribution >= 0.6 is 11.8 Å². The number of hydrogen-bond acceptors (Lipinski definition) is 8. The van der Waals surface area contributed by atoms with E-state index in [0.717, 1.165) is 0 Å². The molecule has 0 rings (SSSR count). The third-order valence-electron chi connectivity index (χ3n) is 4.84. The quantitative estimate of drug-likeness (QED) is 0.0580. The van der Waals surface area contributed by atoms with E-state index in [-0.39, 0.29) is 31.3 Å². The molecule has 35 heavy (non-hydrogen) atoms. The molecule has 0 fully saturated rings. The van der Waals surface area contributed by atoms with E-state index in [1.54, 1.807) is 20.1 Å². The van der Waals surface area contributed by atoms with Gasteiger partial charge in [-0.3, -0.25) is 24.2 Å². The Morgan fingerprint density at radius 3 is 1.86 bits per heavy atom. The summed E-state index contributed by atoms with van der Waals surface area (Å²) in [7, 11) is 0. The van der Waals surface area contributed by atoms with Crippen LogP contribution in [0.3, 0.4) is 0 Å². The number of aliphatic carboxylic acids is 2. The lowest BCUT2D eigenvalue weighted by molar-refractivity contribution is -0.147. The first-order valence-corrected chi connectivity index (χ1v) is 12.3. The Morgan fingerprint density at radius 1 is 0.886 bits per heavy atom. The second kappa shape index (κ2) is 16.5. The van der Waals surface area contributed by atoms with Crippen LogP contribution in [-0.2, 0) is 24.0 Å². The highest BCUT2D eigenvalue weighted by Gasteiger charge is 2.31. The van der Waals surface area contributed by atoms with E-state index in [1.807, 2.05) is 0 Å². The van der Waals surface area contributed by atoms with Crippen molar-refractivity contribution < 1.29 is 34.2 Å². The summed E-state index contributed by atoms with van der Waals surface area (Å²) in [6.45, 7) is 3.69. The zero-order valence-electron chi connectivity index (χ0n) is 20.2. The number of aliphatic imine (C=N–C) groups is 1. The number of carboxylic acid groups (broad SMARTS) is 2. The van der Waals surface area contributed by atoms with E-state index in [4.69, 9.17) is 22.3 Å². The molecule has 4 unspecified atom stereocenters. The van der Waals surface area contributed by atoms with Crippen molar-refractivity contribution in [2.75, 3.05) is 18.6 Å². The predicted molar refractivity (Wildman–Crippen MR) is 131 cm³/mol. The summed E-state index contributed by atoms with van der Waals surface area (Å²) in [5.74, 6) is -4.91. The first-order chi connectivity index (χ1) is 16.3. The Balaban J connectivity index is 5.58. The van der Waals surface area contributed by atoms with E-state index < -0.39 is 60.2 Å². The van der Waals surface area contributed by atoms with Crippen molar-refractivity contribution in [3.63, 3.8) is 0 Å². The molecule has 0 aromatic rings. The summed E-state index contributed by atoms with van der Waals surface area (Å²) in [6.07, 6.45) is 1.54. The minimum atomic E-state index is -1.67. The molecule has 0 aliphatic carbocycles. The third-order valence-corrected chi connectivity index (χ3v) is 5.48. The predicted octanol–water partition coefficient (Wildman–Crippen LogP) is -2.21. The Morgan fingerprint density at radius 2 is 1.40 bits per heavy atom. The summed E-state index contributed by atoms with van der Waals surface area (Å²) < 4.78 is 0. The Labute approximate surface area is 208 Å². The van der Waals surface area contributed by atoms with E-state index in [2.05, 4.69) is 20.9 Å². The van der Waals surface area contributed by atoms with Gasteiger partial charge in [0.05, 0.1) is 12.5 Å². The van der Waals surface area contributed by atoms with E-state index in [0.29, 0.717) is 12.2 Å². The molecule has 11 N–H and O–H groups in total. The SMILES string of the molecule is CSCCC(NC(=O)C(CCCN=C(N)N)NC(=O)C(N)C(C)C)C(=O)NC(CC(=O)O)C(=O)O. The second-order valence-electron chi connectivity index (χ2n) is 8.12. The van der Waals surface area contributed by atoms with Crippen LogP contribution in [0.4, 0.5) is 0 Å². The average molecular weight is 520 g/mol. The first kappa shape index (κ1) is 31.9. The molecule has 0 aromatic carbocycles. The number of nitrogens with one attached hydrogen (secondary N) is 3. The van der Waals surface area contributed by atoms with Gasteiger partial charge in [-0.15, -0.1) is 0 Å². The van der Waals surface area contributed by atoms with Gasteiger partial charge in [0.25, 0.3) is 0 Å². The fraction of sp³-hybridized carbons (Fsp3) is 0.700. The van der Waals surface area contributed by atoms with Crippen molar-refractivity contribution in [1.29, 1.82) is 0 Å². The van der Waals surface area contributed by atoms with Gasteiger partial charge in [0.2, 0.25) is 17.7 Å². The maximum Gasteiger partial charge on any atom is 0.326 e. The largest absolute Gasteiger partial charge is 0.481 e. The molecule has 4 atom stereocenters. The number of thioether (sulfide) groups is 1. The van der Waals surface area contributed by atoms with Crippen molar-refractivity contribution in [1.82, 2.24) is 16.0 Å². The zero-order valence-corrected chi connectivity index (χ0v) is 21.0. The Kier molecular flexibility index (Phi) is 15.1. The number of nitrogens with zero attached hydrogens (tertiary/aromatic N) is 1. The van der Waals surface area contributed by atoms with Crippen molar-refractivity contribution >= 4 is 47.4 Å². The van der Waals surface area contributed by atoms with E-state index in [1.165, 1.54) is 11.8 Å². The Hall–Kier alpha value is -3.07. The van der Waals surface area contributed by atoms with Gasteiger partial charge in [0.1, 0.15) is 18.1 Å². The molecular weight excluding hydrogens is 482 g/mol. The molecular formula is C20H37N7O7S. The molecule has 0 aliphatic rings. The number of carbonyl (C=O) groups excluding carboxylic acids is 3. The Bertz CT molecular complexity index is 775. The number of carbonyl (C=O) groups is 5. The monoisotopic (exact) mass is 519 g/mol. The van der Waals surface area contributed by atoms with Crippen LogP contribution in [0.5, 0.6) is 0 Å². The first-order valence-electron chi connectivity index (χ1n) is 11.0. The maximum absolute atomic E-state index is 13.0. The van der Waals surface area contributed by atoms with Crippen molar-refractivity contribution in [2.45, 2.75) is 63.7 Å². The van der Waals surface area contributed by atoms with Gasteiger partial charge in [0, 0.05) is 6.54 Å². The minimum absolute atomic E-state index is 0.125. The molecule has 200 valence electrons. The van der Waals surface area contributed by atoms with Gasteiger partial charge < -0.3 is 43.4 Å². The van der Waals surface area contributed by atoms with Gasteiger partial charge >= 0.3 is 11.9 Å². The summed E-state index contributed by atoms with van der Waals surface area (Å²) >= 11 is 1.39. The highest BCUT2D eigenvalue weighted by molar-refractivity contribution is 7.98. The van der Waals surface area contributed by atoms with Crippen LogP contribution in [0.1, 0.15) is 39.5 Å². The summed E-state index contributed by atoms with van der Waals surface area (Å²) in [5, 5.41) is 25.3. The van der Waals surface area contributed by atoms with Crippen molar-refractivity contribution in [3.05, 3.63) is 0 Å². The van der Waals surface area contributed by atoms with Crippen LogP contribution in [-0.4, -0.2) is 88.6 Å². The molecule has 0 radical (unpaired) electrons. The lowest BCUT2D eigenvalue weighted by Gasteiger charge is -2.25. The van der Waals surface area contributed by atoms with Gasteiger partial charge in [-0.05, 0) is 37.2 Å². The second-order valence-corrected chi connectivity index (χ2v) is 9.11. The van der Waals surface area contributed by atoms with Gasteiger partial charge in [0.15, 0.2) is 5.96 Å². The lowest BCUT2D eigenvalue weighted by Crippen LogP contribution is -2.57. The van der Waals surface area contributed by atoms with Gasteiger partial charge in [-0.2, -0.15) is 11.8 Å². The zero-order chi connectivity index (χ0) is 27.1. The van der Waals surface area contributed by atoms with Crippen LogP contribution in [0.2, 0.25) is 0 Å². The third kappa shape index (κ3) is 13.4. The number of carboxylic acids is 2. The lowest BCUT2D eigenvalue weighted by atomic mass is 10.0. The fourth-order valence-electron chi connectivity index (χ4n) is 2.77. The molecule has 0 aliphatic heterocycles. The number of amides is 3. The highest BCUT2D eigenvalue weighted by atomic mass is 32.2. The van der Waals surface area contributed by atoms with Crippen LogP contribution < -0.4 is 33.2 Å². The highest BCUT2D eigenvalue weighted by Crippen LogP contribution is 2.07. The van der Waals surface area contributed by atoms with Gasteiger partial charge in [-0.25, -0.2) is 4.79 Å². The number of rotatable bonds is 17. The average Bonchev–Trinajstić information content (AvgIpc) is 2.76. The minimum Gasteiger partial charge on any atom is -0.481 e. The molecule has 0 saturated heterocycles. The van der Waals surface area contributed by atoms with Crippen molar-refractivity contribution in [3.8, 4) is 0 Å². The molecule has 0 heterocycles. The molecule has 0 spiro atoms. The summed E-state index contributed by atoms with van der Waals surface area (Å²) in [5.41, 5.74) is 16.5. The van der Waals surface area contributed by atoms with Crippen LogP contribution in [0.15, 0.2) is 4.99 Å². The van der Waals surface area contributed by atoms with Crippen LogP contribution in [0.25, 0.3) is 0 Å². The van der Waals surface area contributed by atoms with E-state index in [9.17, 15) is 29.1 Å².